The lowest BCUT2D eigenvalue weighted by Gasteiger charge is -2.10. The summed E-state index contributed by atoms with van der Waals surface area (Å²) in [7, 11) is 1.50. The monoisotopic (exact) mass is 354 g/mol. The molecule has 4 nitrogen and oxygen atoms in total. The van der Waals surface area contributed by atoms with Gasteiger partial charge in [0.2, 0.25) is 0 Å². The van der Waals surface area contributed by atoms with E-state index >= 15 is 0 Å². The summed E-state index contributed by atoms with van der Waals surface area (Å²) in [5.41, 5.74) is 7.14. The number of nitrogens with one attached hydrogen (secondary N) is 1. The Bertz CT molecular complexity index is 662. The van der Waals surface area contributed by atoms with Crippen molar-refractivity contribution in [3.05, 3.63) is 51.5 Å². The number of amides is 1. The maximum absolute atomic E-state index is 12.2. The summed E-state index contributed by atoms with van der Waals surface area (Å²) in [6, 6.07) is 10.0. The van der Waals surface area contributed by atoms with Crippen molar-refractivity contribution < 1.29 is 9.53 Å². The molecule has 0 aliphatic rings. The lowest BCUT2D eigenvalue weighted by Crippen LogP contribution is -2.13. The number of benzene rings is 2. The van der Waals surface area contributed by atoms with Crippen molar-refractivity contribution in [3.63, 3.8) is 0 Å². The zero-order chi connectivity index (χ0) is 14.7. The number of methoxy groups -OCH3 is 1. The van der Waals surface area contributed by atoms with Gasteiger partial charge < -0.3 is 15.8 Å². The minimum Gasteiger partial charge on any atom is -0.496 e. The van der Waals surface area contributed by atoms with Gasteiger partial charge in [0, 0.05) is 15.8 Å². The predicted molar refractivity (Wildman–Crippen MR) is 84.5 cm³/mol. The van der Waals surface area contributed by atoms with E-state index in [1.54, 1.807) is 36.4 Å². The van der Waals surface area contributed by atoms with E-state index in [-0.39, 0.29) is 5.91 Å². The standard InChI is InChI=1S/C14H12BrClN2O2/c1-20-13-5-2-8(17)6-10(13)14(19)18-9-3-4-11(15)12(16)7-9/h2-7H,17H2,1H3,(H,18,19). The molecule has 0 heterocycles. The Kier molecular flexibility index (Phi) is 4.52. The molecule has 2 rings (SSSR count). The van der Waals surface area contributed by atoms with Gasteiger partial charge in [-0.1, -0.05) is 11.6 Å². The zero-order valence-electron chi connectivity index (χ0n) is 10.6. The van der Waals surface area contributed by atoms with Crippen LogP contribution < -0.4 is 15.8 Å². The second kappa shape index (κ2) is 6.15. The molecule has 2 aromatic carbocycles. The molecule has 0 bridgehead atoms. The minimum absolute atomic E-state index is 0.312. The van der Waals surface area contributed by atoms with Crippen LogP contribution in [0, 0.1) is 0 Å². The fourth-order valence-corrected chi connectivity index (χ4v) is 2.10. The maximum Gasteiger partial charge on any atom is 0.259 e. The minimum atomic E-state index is -0.312. The third kappa shape index (κ3) is 3.23. The molecule has 0 spiro atoms. The number of nitrogen functional groups attached to an aromatic ring is 1. The van der Waals surface area contributed by atoms with Crippen molar-refractivity contribution in [2.45, 2.75) is 0 Å². The highest BCUT2D eigenvalue weighted by atomic mass is 79.9. The first-order valence-corrected chi connectivity index (χ1v) is 6.88. The first kappa shape index (κ1) is 14.7. The Morgan fingerprint density at radius 2 is 2.05 bits per heavy atom. The van der Waals surface area contributed by atoms with Crippen molar-refractivity contribution in [3.8, 4) is 5.75 Å². The molecule has 0 saturated carbocycles. The van der Waals surface area contributed by atoms with Crippen LogP contribution in [0.25, 0.3) is 0 Å². The quantitative estimate of drug-likeness (QED) is 0.820. The smallest absolute Gasteiger partial charge is 0.259 e. The molecule has 3 N–H and O–H groups in total. The van der Waals surface area contributed by atoms with Crippen LogP contribution >= 0.6 is 27.5 Å². The lowest BCUT2D eigenvalue weighted by atomic mass is 10.1. The van der Waals surface area contributed by atoms with E-state index in [1.807, 2.05) is 0 Å². The molecule has 104 valence electrons. The predicted octanol–water partition coefficient (Wildman–Crippen LogP) is 3.95. The van der Waals surface area contributed by atoms with Gasteiger partial charge in [-0.15, -0.1) is 0 Å². The summed E-state index contributed by atoms with van der Waals surface area (Å²) in [6.07, 6.45) is 0. The van der Waals surface area contributed by atoms with E-state index in [4.69, 9.17) is 22.1 Å². The second-order valence-corrected chi connectivity index (χ2v) is 5.30. The Labute approximate surface area is 130 Å². The zero-order valence-corrected chi connectivity index (χ0v) is 13.0. The Morgan fingerprint density at radius 1 is 1.30 bits per heavy atom. The van der Waals surface area contributed by atoms with Crippen LogP contribution in [0.15, 0.2) is 40.9 Å². The van der Waals surface area contributed by atoms with Crippen LogP contribution in [0.4, 0.5) is 11.4 Å². The molecule has 0 aliphatic heterocycles. The van der Waals surface area contributed by atoms with Gasteiger partial charge in [-0.25, -0.2) is 0 Å². The van der Waals surface area contributed by atoms with Crippen molar-refractivity contribution in [2.75, 3.05) is 18.2 Å². The molecule has 0 radical (unpaired) electrons. The van der Waals surface area contributed by atoms with Gasteiger partial charge in [0.15, 0.2) is 0 Å². The van der Waals surface area contributed by atoms with Crippen LogP contribution in [0.3, 0.4) is 0 Å². The fourth-order valence-electron chi connectivity index (χ4n) is 1.68. The molecular formula is C14H12BrClN2O2. The number of hydrogen-bond donors (Lipinski definition) is 2. The summed E-state index contributed by atoms with van der Waals surface area (Å²) in [5, 5.41) is 3.26. The second-order valence-electron chi connectivity index (χ2n) is 4.04. The number of carbonyl (C=O) groups excluding carboxylic acids is 1. The number of carbonyl (C=O) groups is 1. The third-order valence-corrected chi connectivity index (χ3v) is 3.88. The fraction of sp³-hybridized carbons (Fsp3) is 0.0714. The van der Waals surface area contributed by atoms with Crippen molar-refractivity contribution in [1.82, 2.24) is 0 Å². The highest BCUT2D eigenvalue weighted by molar-refractivity contribution is 9.10. The first-order valence-electron chi connectivity index (χ1n) is 5.71. The number of rotatable bonds is 3. The van der Waals surface area contributed by atoms with E-state index in [0.29, 0.717) is 27.7 Å². The van der Waals surface area contributed by atoms with Crippen LogP contribution in [0.1, 0.15) is 10.4 Å². The Balaban J connectivity index is 2.27. The molecule has 0 saturated heterocycles. The highest BCUT2D eigenvalue weighted by Gasteiger charge is 2.13. The van der Waals surface area contributed by atoms with E-state index in [2.05, 4.69) is 21.2 Å². The Hall–Kier alpha value is -1.72. The molecule has 2 aromatic rings. The number of ether oxygens (including phenoxy) is 1. The normalized spacial score (nSPS) is 10.2. The van der Waals surface area contributed by atoms with Crippen molar-refractivity contribution in [1.29, 1.82) is 0 Å². The van der Waals surface area contributed by atoms with Crippen molar-refractivity contribution >= 4 is 44.8 Å². The van der Waals surface area contributed by atoms with E-state index < -0.39 is 0 Å². The van der Waals surface area contributed by atoms with E-state index in [1.165, 1.54) is 7.11 Å². The van der Waals surface area contributed by atoms with Gasteiger partial charge in [-0.3, -0.25) is 4.79 Å². The average molecular weight is 356 g/mol. The van der Waals surface area contributed by atoms with Crippen LogP contribution in [-0.2, 0) is 0 Å². The molecule has 0 aliphatic carbocycles. The van der Waals surface area contributed by atoms with E-state index in [0.717, 1.165) is 4.47 Å². The lowest BCUT2D eigenvalue weighted by molar-refractivity contribution is 0.102. The summed E-state index contributed by atoms with van der Waals surface area (Å²) in [5.74, 6) is 0.146. The summed E-state index contributed by atoms with van der Waals surface area (Å²) < 4.78 is 5.91. The van der Waals surface area contributed by atoms with Crippen molar-refractivity contribution in [2.24, 2.45) is 0 Å². The molecule has 0 atom stereocenters. The third-order valence-electron chi connectivity index (χ3n) is 2.65. The van der Waals surface area contributed by atoms with Crippen LogP contribution in [0.5, 0.6) is 5.75 Å². The summed E-state index contributed by atoms with van der Waals surface area (Å²) >= 11 is 9.28. The van der Waals surface area contributed by atoms with E-state index in [9.17, 15) is 4.79 Å². The molecule has 6 heteroatoms. The number of halogens is 2. The number of hydrogen-bond acceptors (Lipinski definition) is 3. The first-order chi connectivity index (χ1) is 9.51. The summed E-state index contributed by atoms with van der Waals surface area (Å²) in [6.45, 7) is 0. The van der Waals surface area contributed by atoms with Gasteiger partial charge in [0.05, 0.1) is 17.7 Å². The number of nitrogens with two attached hydrogens (primary N) is 1. The summed E-state index contributed by atoms with van der Waals surface area (Å²) in [4.78, 5) is 12.2. The molecule has 0 aromatic heterocycles. The molecule has 20 heavy (non-hydrogen) atoms. The van der Waals surface area contributed by atoms with Gasteiger partial charge >= 0.3 is 0 Å². The molecular weight excluding hydrogens is 344 g/mol. The topological polar surface area (TPSA) is 64.3 Å². The molecule has 1 amide bonds. The molecule has 0 unspecified atom stereocenters. The van der Waals surface area contributed by atoms with Gasteiger partial charge in [-0.05, 0) is 52.3 Å². The van der Waals surface area contributed by atoms with Crippen LogP contribution in [0.2, 0.25) is 5.02 Å². The average Bonchev–Trinajstić information content (AvgIpc) is 2.43. The highest BCUT2D eigenvalue weighted by Crippen LogP contribution is 2.27. The van der Waals surface area contributed by atoms with Gasteiger partial charge in [0.25, 0.3) is 5.91 Å². The van der Waals surface area contributed by atoms with Gasteiger partial charge in [-0.2, -0.15) is 0 Å². The maximum atomic E-state index is 12.2. The van der Waals surface area contributed by atoms with Gasteiger partial charge in [0.1, 0.15) is 5.75 Å². The number of anilines is 2. The molecule has 0 fully saturated rings. The largest absolute Gasteiger partial charge is 0.496 e. The van der Waals surface area contributed by atoms with Crippen LogP contribution in [-0.4, -0.2) is 13.0 Å². The SMILES string of the molecule is COc1ccc(N)cc1C(=O)Nc1ccc(Br)c(Cl)c1. The Morgan fingerprint density at radius 3 is 2.70 bits per heavy atom.